The van der Waals surface area contributed by atoms with Crippen LogP contribution in [0.25, 0.3) is 22.1 Å². The van der Waals surface area contributed by atoms with Gasteiger partial charge in [0.2, 0.25) is 0 Å². The van der Waals surface area contributed by atoms with Crippen molar-refractivity contribution in [1.29, 1.82) is 0 Å². The lowest BCUT2D eigenvalue weighted by Crippen LogP contribution is -2.06. The van der Waals surface area contributed by atoms with Crippen molar-refractivity contribution in [2.45, 2.75) is 0 Å². The molecule has 5 rings (SSSR count). The van der Waals surface area contributed by atoms with Gasteiger partial charge < -0.3 is 10.1 Å². The number of hydrogen-bond donors (Lipinski definition) is 1. The number of ether oxygens (including phenoxy) is 1. The van der Waals surface area contributed by atoms with E-state index >= 15 is 0 Å². The molecule has 0 saturated carbocycles. The van der Waals surface area contributed by atoms with E-state index in [9.17, 15) is 0 Å². The molecule has 104 valence electrons. The molecule has 0 bridgehead atoms. The molecular formula is C16H9N5O. The molecule has 0 unspecified atom stereocenters. The molecule has 1 N–H and O–H groups in total. The van der Waals surface area contributed by atoms with E-state index in [2.05, 4.69) is 25.3 Å². The Morgan fingerprint density at radius 3 is 2.18 bits per heavy atom. The quantitative estimate of drug-likeness (QED) is 0.440. The van der Waals surface area contributed by atoms with E-state index < -0.39 is 0 Å². The molecule has 3 heterocycles. The molecule has 0 saturated heterocycles. The van der Waals surface area contributed by atoms with Gasteiger partial charge in [-0.1, -0.05) is 12.1 Å². The van der Waals surface area contributed by atoms with E-state index in [-0.39, 0.29) is 0 Å². The van der Waals surface area contributed by atoms with Crippen molar-refractivity contribution in [2.24, 2.45) is 0 Å². The van der Waals surface area contributed by atoms with Crippen LogP contribution in [0, 0.1) is 0 Å². The third kappa shape index (κ3) is 1.43. The van der Waals surface area contributed by atoms with Gasteiger partial charge in [0.05, 0.1) is 5.69 Å². The van der Waals surface area contributed by atoms with Crippen molar-refractivity contribution in [2.75, 3.05) is 5.32 Å². The average Bonchev–Trinajstić information content (AvgIpc) is 2.61. The number of nitrogens with zero attached hydrogens (tertiary/aromatic N) is 4. The zero-order valence-corrected chi connectivity index (χ0v) is 11.3. The van der Waals surface area contributed by atoms with Crippen molar-refractivity contribution in [3.63, 3.8) is 0 Å². The van der Waals surface area contributed by atoms with Crippen molar-refractivity contribution in [3.05, 3.63) is 49.1 Å². The molecule has 2 aromatic heterocycles. The highest BCUT2D eigenvalue weighted by Crippen LogP contribution is 2.47. The Hall–Kier alpha value is -3.28. The van der Waals surface area contributed by atoms with E-state index in [1.807, 2.05) is 24.3 Å². The highest BCUT2D eigenvalue weighted by Gasteiger charge is 2.24. The zero-order valence-electron chi connectivity index (χ0n) is 11.3. The highest BCUT2D eigenvalue weighted by molar-refractivity contribution is 6.12. The Morgan fingerprint density at radius 2 is 1.36 bits per heavy atom. The number of anilines is 2. The molecule has 0 aliphatic carbocycles. The van der Waals surface area contributed by atoms with E-state index in [0.29, 0.717) is 22.3 Å². The SMILES string of the molecule is c1ccc2c(c1)Nc1c(c3nccnc3c3nccnc13)O2. The van der Waals surface area contributed by atoms with Gasteiger partial charge in [0.15, 0.2) is 11.5 Å². The van der Waals surface area contributed by atoms with Crippen molar-refractivity contribution >= 4 is 33.4 Å². The number of aromatic nitrogens is 4. The summed E-state index contributed by atoms with van der Waals surface area (Å²) in [6, 6.07) is 7.75. The normalized spacial score (nSPS) is 12.4. The van der Waals surface area contributed by atoms with E-state index in [4.69, 9.17) is 4.74 Å². The van der Waals surface area contributed by atoms with E-state index in [0.717, 1.165) is 22.6 Å². The molecule has 6 nitrogen and oxygen atoms in total. The van der Waals surface area contributed by atoms with Gasteiger partial charge in [0.1, 0.15) is 27.8 Å². The van der Waals surface area contributed by atoms with Crippen LogP contribution < -0.4 is 10.1 Å². The van der Waals surface area contributed by atoms with Crippen LogP contribution in [0.15, 0.2) is 49.1 Å². The maximum atomic E-state index is 6.07. The van der Waals surface area contributed by atoms with Crippen LogP contribution in [0.3, 0.4) is 0 Å². The van der Waals surface area contributed by atoms with E-state index in [1.165, 1.54) is 0 Å². The molecule has 1 aliphatic heterocycles. The van der Waals surface area contributed by atoms with Crippen LogP contribution in [-0.2, 0) is 0 Å². The fraction of sp³-hybridized carbons (Fsp3) is 0. The smallest absolute Gasteiger partial charge is 0.181 e. The highest BCUT2D eigenvalue weighted by atomic mass is 16.5. The standard InChI is InChI=1S/C16H9N5O/c1-2-4-10-9(3-1)21-15-13-11(17-5-6-19-13)12-14(16(15)22-10)20-8-7-18-12/h1-8,21H. The number of rotatable bonds is 0. The fourth-order valence-electron chi connectivity index (χ4n) is 2.72. The first-order valence-corrected chi connectivity index (χ1v) is 6.83. The van der Waals surface area contributed by atoms with Gasteiger partial charge in [0.25, 0.3) is 0 Å². The van der Waals surface area contributed by atoms with Gasteiger partial charge in [-0.05, 0) is 12.1 Å². The molecule has 6 heteroatoms. The molecule has 0 fully saturated rings. The topological polar surface area (TPSA) is 72.8 Å². The molecule has 4 aromatic rings. The lowest BCUT2D eigenvalue weighted by molar-refractivity contribution is 0.486. The van der Waals surface area contributed by atoms with Crippen LogP contribution in [0.5, 0.6) is 11.5 Å². The lowest BCUT2D eigenvalue weighted by atomic mass is 10.1. The van der Waals surface area contributed by atoms with Gasteiger partial charge in [0, 0.05) is 24.8 Å². The minimum absolute atomic E-state index is 0.634. The summed E-state index contributed by atoms with van der Waals surface area (Å²) in [6.45, 7) is 0. The zero-order chi connectivity index (χ0) is 14.5. The fourth-order valence-corrected chi connectivity index (χ4v) is 2.72. The molecule has 2 aromatic carbocycles. The maximum absolute atomic E-state index is 6.07. The Balaban J connectivity index is 1.94. The summed E-state index contributed by atoms with van der Waals surface area (Å²) in [7, 11) is 0. The second kappa shape index (κ2) is 4.11. The van der Waals surface area contributed by atoms with Crippen LogP contribution in [0.2, 0.25) is 0 Å². The van der Waals surface area contributed by atoms with Gasteiger partial charge >= 0.3 is 0 Å². The molecule has 0 amide bonds. The second-order valence-electron chi connectivity index (χ2n) is 4.93. The molecular weight excluding hydrogens is 278 g/mol. The Labute approximate surface area is 124 Å². The first kappa shape index (κ1) is 11.4. The number of nitrogens with one attached hydrogen (secondary N) is 1. The average molecular weight is 287 g/mol. The minimum atomic E-state index is 0.634. The van der Waals surface area contributed by atoms with Gasteiger partial charge in [-0.2, -0.15) is 0 Å². The largest absolute Gasteiger partial charge is 0.451 e. The van der Waals surface area contributed by atoms with Gasteiger partial charge in [-0.3, -0.25) is 15.0 Å². The minimum Gasteiger partial charge on any atom is -0.451 e. The monoisotopic (exact) mass is 287 g/mol. The summed E-state index contributed by atoms with van der Waals surface area (Å²) in [6.07, 6.45) is 6.61. The molecule has 22 heavy (non-hydrogen) atoms. The Morgan fingerprint density at radius 1 is 0.727 bits per heavy atom. The van der Waals surface area contributed by atoms with Crippen LogP contribution in [0.4, 0.5) is 11.4 Å². The summed E-state index contributed by atoms with van der Waals surface area (Å²) in [5, 5.41) is 3.38. The number of para-hydroxylation sites is 2. The van der Waals surface area contributed by atoms with E-state index in [1.54, 1.807) is 24.8 Å². The maximum Gasteiger partial charge on any atom is 0.181 e. The summed E-state index contributed by atoms with van der Waals surface area (Å²) in [4.78, 5) is 17.7. The summed E-state index contributed by atoms with van der Waals surface area (Å²) in [5.74, 6) is 1.39. The first-order chi connectivity index (χ1) is 10.9. The van der Waals surface area contributed by atoms with Crippen LogP contribution in [-0.4, -0.2) is 19.9 Å². The lowest BCUT2D eigenvalue weighted by Gasteiger charge is -2.23. The third-order valence-corrected chi connectivity index (χ3v) is 3.66. The third-order valence-electron chi connectivity index (χ3n) is 3.66. The first-order valence-electron chi connectivity index (χ1n) is 6.83. The Bertz CT molecular complexity index is 963. The van der Waals surface area contributed by atoms with Crippen molar-refractivity contribution in [1.82, 2.24) is 19.9 Å². The molecule has 0 spiro atoms. The molecule has 1 aliphatic rings. The Kier molecular flexibility index (Phi) is 2.13. The predicted molar refractivity (Wildman–Crippen MR) is 82.4 cm³/mol. The second-order valence-corrected chi connectivity index (χ2v) is 4.93. The van der Waals surface area contributed by atoms with Crippen LogP contribution in [0.1, 0.15) is 0 Å². The molecule has 0 atom stereocenters. The van der Waals surface area contributed by atoms with Gasteiger partial charge in [-0.15, -0.1) is 0 Å². The summed E-state index contributed by atoms with van der Waals surface area (Å²) >= 11 is 0. The van der Waals surface area contributed by atoms with Crippen LogP contribution >= 0.6 is 0 Å². The van der Waals surface area contributed by atoms with Crippen molar-refractivity contribution < 1.29 is 4.74 Å². The van der Waals surface area contributed by atoms with Crippen molar-refractivity contribution in [3.8, 4) is 11.5 Å². The van der Waals surface area contributed by atoms with Gasteiger partial charge in [-0.25, -0.2) is 4.98 Å². The summed E-state index contributed by atoms with van der Waals surface area (Å²) in [5.41, 5.74) is 4.46. The summed E-state index contributed by atoms with van der Waals surface area (Å²) < 4.78 is 6.07. The molecule has 0 radical (unpaired) electrons. The predicted octanol–water partition coefficient (Wildman–Crippen LogP) is 3.42. The number of hydrogen-bond acceptors (Lipinski definition) is 6. The number of fused-ring (bicyclic) bond motifs is 7. The number of benzene rings is 2.